The van der Waals surface area contributed by atoms with E-state index in [-0.39, 0.29) is 25.4 Å². The van der Waals surface area contributed by atoms with Gasteiger partial charge in [-0.3, -0.25) is 24.1 Å². The average molecular weight is 785 g/mol. The zero-order valence-corrected chi connectivity index (χ0v) is 34.2. The lowest BCUT2D eigenvalue weighted by molar-refractivity contribution is -0.151. The third-order valence-corrected chi connectivity index (χ3v) is 13.2. The summed E-state index contributed by atoms with van der Waals surface area (Å²) in [5.41, 5.74) is -0.769. The van der Waals surface area contributed by atoms with E-state index in [9.17, 15) is 24.0 Å². The predicted molar refractivity (Wildman–Crippen MR) is 208 cm³/mol. The SMILES string of the molecule is CCCCCCCCCCCCCCOC(=O)C1CC(NC(=O)C(C(=O)C2(CC)CC2)N2C(=O)C(OCC)N(CC3CCCCC3)C2=O)C(Cl)CC1Cl. The van der Waals surface area contributed by atoms with Crippen LogP contribution in [0.25, 0.3) is 0 Å². The number of nitrogens with zero attached hydrogens (tertiary/aromatic N) is 2. The molecule has 1 heterocycles. The van der Waals surface area contributed by atoms with Gasteiger partial charge in [0.1, 0.15) is 0 Å². The van der Waals surface area contributed by atoms with Crippen molar-refractivity contribution in [1.82, 2.24) is 15.1 Å². The molecule has 0 bridgehead atoms. The molecule has 3 saturated carbocycles. The Morgan fingerprint density at radius 3 is 2.00 bits per heavy atom. The molecule has 0 radical (unpaired) electrons. The van der Waals surface area contributed by atoms with Gasteiger partial charge >= 0.3 is 12.0 Å². The second kappa shape index (κ2) is 22.0. The van der Waals surface area contributed by atoms with Crippen LogP contribution < -0.4 is 5.32 Å². The minimum atomic E-state index is -1.66. The number of hydrogen-bond acceptors (Lipinski definition) is 7. The lowest BCUT2D eigenvalue weighted by Gasteiger charge is -2.37. The van der Waals surface area contributed by atoms with Gasteiger partial charge in [0.05, 0.1) is 17.9 Å². The van der Waals surface area contributed by atoms with Gasteiger partial charge in [-0.2, -0.15) is 0 Å². The molecule has 6 unspecified atom stereocenters. The van der Waals surface area contributed by atoms with Crippen molar-refractivity contribution in [2.24, 2.45) is 17.3 Å². The van der Waals surface area contributed by atoms with E-state index in [4.69, 9.17) is 32.7 Å². The third kappa shape index (κ3) is 12.0. The summed E-state index contributed by atoms with van der Waals surface area (Å²) in [5, 5.41) is 1.70. The average Bonchev–Trinajstić information content (AvgIpc) is 3.92. The Morgan fingerprint density at radius 2 is 1.43 bits per heavy atom. The molecule has 3 aliphatic carbocycles. The summed E-state index contributed by atoms with van der Waals surface area (Å²) in [7, 11) is 0. The monoisotopic (exact) mass is 783 g/mol. The molecule has 4 aliphatic rings. The molecule has 302 valence electrons. The molecule has 0 aromatic heterocycles. The number of alkyl halides is 2. The van der Waals surface area contributed by atoms with Crippen molar-refractivity contribution < 1.29 is 33.4 Å². The van der Waals surface area contributed by atoms with E-state index in [0.717, 1.165) is 56.3 Å². The normalized spacial score (nSPS) is 26.5. The Bertz CT molecular complexity index is 1210. The quantitative estimate of drug-likeness (QED) is 0.0342. The fraction of sp³-hybridized carbons (Fsp3) is 0.878. The van der Waals surface area contributed by atoms with Crippen molar-refractivity contribution in [3.05, 3.63) is 0 Å². The molecule has 4 amide bonds. The maximum absolute atomic E-state index is 14.2. The molecule has 1 aliphatic heterocycles. The van der Waals surface area contributed by atoms with E-state index in [2.05, 4.69) is 12.2 Å². The first kappa shape index (κ1) is 43.8. The fourth-order valence-electron chi connectivity index (χ4n) is 8.52. The van der Waals surface area contributed by atoms with Crippen LogP contribution >= 0.6 is 23.2 Å². The van der Waals surface area contributed by atoms with Crippen LogP contribution in [0.4, 0.5) is 4.79 Å². The number of halogens is 2. The van der Waals surface area contributed by atoms with Gasteiger partial charge in [0.25, 0.3) is 11.8 Å². The van der Waals surface area contributed by atoms with Crippen LogP contribution in [0.15, 0.2) is 0 Å². The number of ether oxygens (including phenoxy) is 2. The molecule has 0 aromatic carbocycles. The van der Waals surface area contributed by atoms with E-state index in [1.807, 2.05) is 6.92 Å². The van der Waals surface area contributed by atoms with Gasteiger partial charge in [0.2, 0.25) is 6.23 Å². The maximum Gasteiger partial charge on any atom is 0.330 e. The zero-order chi connectivity index (χ0) is 38.4. The lowest BCUT2D eigenvalue weighted by atomic mass is 9.84. The summed E-state index contributed by atoms with van der Waals surface area (Å²) in [6.45, 7) is 6.71. The molecule has 10 nitrogen and oxygen atoms in total. The number of rotatable bonds is 24. The summed E-state index contributed by atoms with van der Waals surface area (Å²) >= 11 is 13.4. The van der Waals surface area contributed by atoms with Crippen LogP contribution in [0.2, 0.25) is 0 Å². The molecule has 0 aromatic rings. The topological polar surface area (TPSA) is 122 Å². The summed E-state index contributed by atoms with van der Waals surface area (Å²) in [6.07, 6.45) is 20.6. The molecule has 6 atom stereocenters. The first-order valence-electron chi connectivity index (χ1n) is 21.1. The Labute approximate surface area is 328 Å². The molecule has 0 spiro atoms. The number of hydrogen-bond donors (Lipinski definition) is 1. The Hall–Kier alpha value is -1.91. The molecular formula is C41H67Cl2N3O7. The van der Waals surface area contributed by atoms with Crippen molar-refractivity contribution in [3.8, 4) is 0 Å². The van der Waals surface area contributed by atoms with E-state index >= 15 is 0 Å². The van der Waals surface area contributed by atoms with Crippen molar-refractivity contribution >= 4 is 52.8 Å². The standard InChI is InChI=1S/C41H67Cl2N3O7/c1-4-7-8-9-10-11-12-13-14-15-16-20-25-53-39(50)30-26-33(32(43)27-31(30)42)44-36(48)34(35(47)41(5-2)23-24-41)46-37(49)38(52-6-3)45(40(46)51)28-29-21-18-17-19-22-29/h29-34,38H,4-28H2,1-3H3,(H,44,48). The number of esters is 1. The van der Waals surface area contributed by atoms with Crippen LogP contribution in [0.3, 0.4) is 0 Å². The van der Waals surface area contributed by atoms with Gasteiger partial charge in [0.15, 0.2) is 11.8 Å². The van der Waals surface area contributed by atoms with Crippen LogP contribution in [-0.2, 0) is 28.7 Å². The highest BCUT2D eigenvalue weighted by atomic mass is 35.5. The van der Waals surface area contributed by atoms with Crippen molar-refractivity contribution in [3.63, 3.8) is 0 Å². The summed E-state index contributed by atoms with van der Waals surface area (Å²) in [5.74, 6) is -2.80. The number of amides is 4. The Morgan fingerprint density at radius 1 is 0.830 bits per heavy atom. The largest absolute Gasteiger partial charge is 0.465 e. The third-order valence-electron chi connectivity index (χ3n) is 12.2. The second-order valence-electron chi connectivity index (χ2n) is 16.1. The summed E-state index contributed by atoms with van der Waals surface area (Å²) in [4.78, 5) is 72.0. The fourth-order valence-corrected chi connectivity index (χ4v) is 9.37. The first-order chi connectivity index (χ1) is 25.6. The second-order valence-corrected chi connectivity index (χ2v) is 17.3. The lowest BCUT2D eigenvalue weighted by Crippen LogP contribution is -2.60. The number of unbranched alkanes of at least 4 members (excludes halogenated alkanes) is 11. The van der Waals surface area contributed by atoms with Crippen molar-refractivity contribution in [1.29, 1.82) is 0 Å². The molecule has 12 heteroatoms. The summed E-state index contributed by atoms with van der Waals surface area (Å²) in [6, 6.07) is -3.06. The Balaban J connectivity index is 1.34. The number of ketones is 1. The van der Waals surface area contributed by atoms with Crippen molar-refractivity contribution in [2.45, 2.75) is 191 Å². The van der Waals surface area contributed by atoms with Crippen LogP contribution in [0.5, 0.6) is 0 Å². The van der Waals surface area contributed by atoms with E-state index in [1.54, 1.807) is 6.92 Å². The van der Waals surface area contributed by atoms with E-state index < -0.39 is 70.0 Å². The predicted octanol–water partition coefficient (Wildman–Crippen LogP) is 8.68. The number of carbonyl (C=O) groups is 5. The molecule has 1 N–H and O–H groups in total. The molecular weight excluding hydrogens is 717 g/mol. The number of carbonyl (C=O) groups excluding carboxylic acids is 5. The first-order valence-corrected chi connectivity index (χ1v) is 22.0. The molecule has 53 heavy (non-hydrogen) atoms. The van der Waals surface area contributed by atoms with Gasteiger partial charge in [0, 0.05) is 30.0 Å². The van der Waals surface area contributed by atoms with Gasteiger partial charge in [-0.05, 0) is 64.2 Å². The Kier molecular flexibility index (Phi) is 18.2. The van der Waals surface area contributed by atoms with Crippen LogP contribution in [0, 0.1) is 17.3 Å². The minimum Gasteiger partial charge on any atom is -0.465 e. The van der Waals surface area contributed by atoms with Gasteiger partial charge in [-0.15, -0.1) is 23.2 Å². The van der Waals surface area contributed by atoms with Gasteiger partial charge < -0.3 is 14.8 Å². The van der Waals surface area contributed by atoms with Crippen LogP contribution in [-0.4, -0.2) is 88.2 Å². The van der Waals surface area contributed by atoms with Gasteiger partial charge in [-0.25, -0.2) is 9.69 Å². The molecule has 4 rings (SSSR count). The molecule has 1 saturated heterocycles. The van der Waals surface area contributed by atoms with E-state index in [0.29, 0.717) is 32.4 Å². The maximum atomic E-state index is 14.2. The highest BCUT2D eigenvalue weighted by Crippen LogP contribution is 2.51. The summed E-state index contributed by atoms with van der Waals surface area (Å²) < 4.78 is 11.5. The number of imide groups is 1. The number of nitrogens with one attached hydrogen (secondary N) is 1. The van der Waals surface area contributed by atoms with Gasteiger partial charge in [-0.1, -0.05) is 104 Å². The highest BCUT2D eigenvalue weighted by molar-refractivity contribution is 6.25. The molecule has 4 fully saturated rings. The number of urea groups is 1. The number of Topliss-reactive ketones (excluding diaryl/α,β-unsaturated/α-hetero) is 1. The van der Waals surface area contributed by atoms with Crippen LogP contribution in [0.1, 0.15) is 162 Å². The smallest absolute Gasteiger partial charge is 0.330 e. The van der Waals surface area contributed by atoms with Crippen molar-refractivity contribution in [2.75, 3.05) is 19.8 Å². The van der Waals surface area contributed by atoms with E-state index in [1.165, 1.54) is 62.7 Å². The zero-order valence-electron chi connectivity index (χ0n) is 32.7. The minimum absolute atomic E-state index is 0.127. The highest BCUT2D eigenvalue weighted by Gasteiger charge is 2.59.